The van der Waals surface area contributed by atoms with Gasteiger partial charge in [0, 0.05) is 18.3 Å². The molecule has 9 N–H and O–H groups in total. The molecule has 4 amide bonds. The molecule has 0 aliphatic heterocycles. The van der Waals surface area contributed by atoms with Gasteiger partial charge in [0.1, 0.15) is 6.04 Å². The molecule has 0 saturated carbocycles. The summed E-state index contributed by atoms with van der Waals surface area (Å²) in [5, 5.41) is 15.8. The maximum Gasteiger partial charge on any atom is 0.326 e. The molecule has 0 radical (unpaired) electrons. The van der Waals surface area contributed by atoms with Gasteiger partial charge in [0.15, 0.2) is 0 Å². The standard InChI is InChI=1S/C14H21N7O6/c15-8(2-10(16)22)13(25)19-4-11(23)18-5-12(24)21-9(14(26)27)1-7-3-17-6-20-7/h3,6,8-9H,1-2,4-5,15H2,(H2,16,22)(H,17,20)(H,18,23)(H,19,25)(H,21,24)(H,26,27). The van der Waals surface area contributed by atoms with Crippen LogP contribution in [0.15, 0.2) is 12.5 Å². The second-order valence-corrected chi connectivity index (χ2v) is 5.51. The summed E-state index contributed by atoms with van der Waals surface area (Å²) >= 11 is 0. The second-order valence-electron chi connectivity index (χ2n) is 5.51. The molecular weight excluding hydrogens is 362 g/mol. The summed E-state index contributed by atoms with van der Waals surface area (Å²) < 4.78 is 0. The molecule has 13 heteroatoms. The van der Waals surface area contributed by atoms with Crippen molar-refractivity contribution in [3.8, 4) is 0 Å². The number of imidazole rings is 1. The summed E-state index contributed by atoms with van der Waals surface area (Å²) in [7, 11) is 0. The Kier molecular flexibility index (Phi) is 8.38. The van der Waals surface area contributed by atoms with E-state index in [1.807, 2.05) is 0 Å². The lowest BCUT2D eigenvalue weighted by Crippen LogP contribution is -2.49. The van der Waals surface area contributed by atoms with Crippen LogP contribution in [0.4, 0.5) is 0 Å². The molecule has 1 aromatic heterocycles. The first-order valence-corrected chi connectivity index (χ1v) is 7.76. The van der Waals surface area contributed by atoms with Crippen molar-refractivity contribution in [1.82, 2.24) is 25.9 Å². The van der Waals surface area contributed by atoms with Gasteiger partial charge in [-0.25, -0.2) is 9.78 Å². The second kappa shape index (κ2) is 10.5. The van der Waals surface area contributed by atoms with E-state index < -0.39 is 54.8 Å². The highest BCUT2D eigenvalue weighted by Crippen LogP contribution is 1.98. The fraction of sp³-hybridized carbons (Fsp3) is 0.429. The normalized spacial score (nSPS) is 12.5. The minimum Gasteiger partial charge on any atom is -0.480 e. The van der Waals surface area contributed by atoms with Crippen LogP contribution in [-0.4, -0.2) is 69.8 Å². The summed E-state index contributed by atoms with van der Waals surface area (Å²) in [6.07, 6.45) is 2.42. The Labute approximate surface area is 153 Å². The molecule has 13 nitrogen and oxygen atoms in total. The number of hydrogen-bond donors (Lipinski definition) is 7. The van der Waals surface area contributed by atoms with Gasteiger partial charge < -0.3 is 37.5 Å². The molecule has 148 valence electrons. The smallest absolute Gasteiger partial charge is 0.326 e. The summed E-state index contributed by atoms with van der Waals surface area (Å²) in [5.74, 6) is -4.20. The number of carboxylic acids is 1. The molecule has 0 bridgehead atoms. The quantitative estimate of drug-likeness (QED) is 0.199. The number of amides is 4. The summed E-state index contributed by atoms with van der Waals surface area (Å²) in [5.41, 5.74) is 10.8. The highest BCUT2D eigenvalue weighted by Gasteiger charge is 2.21. The SMILES string of the molecule is NC(=O)CC(N)C(=O)NCC(=O)NCC(=O)NC(Cc1cnc[nH]1)C(=O)O. The van der Waals surface area contributed by atoms with Crippen LogP contribution in [0.2, 0.25) is 0 Å². The van der Waals surface area contributed by atoms with Gasteiger partial charge in [-0.2, -0.15) is 0 Å². The third-order valence-electron chi connectivity index (χ3n) is 3.24. The number of aliphatic carboxylic acids is 1. The van der Waals surface area contributed by atoms with Crippen LogP contribution in [0.3, 0.4) is 0 Å². The molecule has 0 spiro atoms. The molecular formula is C14H21N7O6. The molecule has 1 rings (SSSR count). The number of nitrogens with one attached hydrogen (secondary N) is 4. The summed E-state index contributed by atoms with van der Waals surface area (Å²) in [6, 6.07) is -2.39. The minimum absolute atomic E-state index is 0.0111. The van der Waals surface area contributed by atoms with Crippen molar-refractivity contribution in [3.05, 3.63) is 18.2 Å². The largest absolute Gasteiger partial charge is 0.480 e. The van der Waals surface area contributed by atoms with E-state index in [1.165, 1.54) is 12.5 Å². The molecule has 1 heterocycles. The van der Waals surface area contributed by atoms with E-state index >= 15 is 0 Å². The zero-order chi connectivity index (χ0) is 20.4. The molecule has 1 aromatic rings. The van der Waals surface area contributed by atoms with E-state index in [-0.39, 0.29) is 12.8 Å². The van der Waals surface area contributed by atoms with E-state index in [1.54, 1.807) is 0 Å². The maximum atomic E-state index is 11.8. The topological polar surface area (TPSA) is 222 Å². The number of aromatic amines is 1. The monoisotopic (exact) mass is 383 g/mol. The van der Waals surface area contributed by atoms with E-state index in [0.717, 1.165) is 0 Å². The highest BCUT2D eigenvalue weighted by molar-refractivity contribution is 5.92. The van der Waals surface area contributed by atoms with Gasteiger partial charge in [-0.3, -0.25) is 19.2 Å². The highest BCUT2D eigenvalue weighted by atomic mass is 16.4. The average molecular weight is 383 g/mol. The number of nitrogens with zero attached hydrogens (tertiary/aromatic N) is 1. The van der Waals surface area contributed by atoms with Crippen LogP contribution in [0.25, 0.3) is 0 Å². The zero-order valence-electron chi connectivity index (χ0n) is 14.2. The predicted molar refractivity (Wildman–Crippen MR) is 89.7 cm³/mol. The molecule has 2 atom stereocenters. The first kappa shape index (κ1) is 21.6. The van der Waals surface area contributed by atoms with Gasteiger partial charge in [-0.05, 0) is 0 Å². The number of primary amides is 1. The van der Waals surface area contributed by atoms with Crippen LogP contribution in [0.1, 0.15) is 12.1 Å². The van der Waals surface area contributed by atoms with Crippen molar-refractivity contribution >= 4 is 29.6 Å². The van der Waals surface area contributed by atoms with Crippen molar-refractivity contribution < 1.29 is 29.1 Å². The van der Waals surface area contributed by atoms with Crippen molar-refractivity contribution in [3.63, 3.8) is 0 Å². The van der Waals surface area contributed by atoms with Gasteiger partial charge in [-0.15, -0.1) is 0 Å². The minimum atomic E-state index is -1.25. The first-order chi connectivity index (χ1) is 12.7. The van der Waals surface area contributed by atoms with E-state index in [0.29, 0.717) is 5.69 Å². The van der Waals surface area contributed by atoms with Crippen LogP contribution in [0, 0.1) is 0 Å². The van der Waals surface area contributed by atoms with Gasteiger partial charge in [0.25, 0.3) is 0 Å². The maximum absolute atomic E-state index is 11.8. The van der Waals surface area contributed by atoms with Crippen molar-refractivity contribution in [1.29, 1.82) is 0 Å². The van der Waals surface area contributed by atoms with Gasteiger partial charge in [0.05, 0.1) is 31.9 Å². The number of hydrogen-bond acceptors (Lipinski definition) is 7. The van der Waals surface area contributed by atoms with Crippen molar-refractivity contribution in [2.75, 3.05) is 13.1 Å². The van der Waals surface area contributed by atoms with Gasteiger partial charge in [-0.1, -0.05) is 0 Å². The average Bonchev–Trinajstić information content (AvgIpc) is 3.09. The molecule has 2 unspecified atom stereocenters. The Balaban J connectivity index is 2.35. The number of aromatic nitrogens is 2. The fourth-order valence-corrected chi connectivity index (χ4v) is 1.91. The lowest BCUT2D eigenvalue weighted by Gasteiger charge is -2.14. The summed E-state index contributed by atoms with van der Waals surface area (Å²) in [6.45, 7) is -0.968. The molecule has 0 aromatic carbocycles. The van der Waals surface area contributed by atoms with Crippen LogP contribution in [-0.2, 0) is 30.4 Å². The van der Waals surface area contributed by atoms with E-state index in [9.17, 15) is 24.0 Å². The Hall–Kier alpha value is -3.48. The molecule has 0 fully saturated rings. The Morgan fingerprint density at radius 2 is 1.81 bits per heavy atom. The number of H-pyrrole nitrogens is 1. The number of carbonyl (C=O) groups excluding carboxylic acids is 4. The van der Waals surface area contributed by atoms with Crippen LogP contribution < -0.4 is 27.4 Å². The lowest BCUT2D eigenvalue weighted by molar-refractivity contribution is -0.141. The van der Waals surface area contributed by atoms with Crippen LogP contribution >= 0.6 is 0 Å². The third-order valence-corrected chi connectivity index (χ3v) is 3.24. The first-order valence-electron chi connectivity index (χ1n) is 7.76. The van der Waals surface area contributed by atoms with Crippen LogP contribution in [0.5, 0.6) is 0 Å². The molecule has 0 aliphatic rings. The van der Waals surface area contributed by atoms with E-state index in [2.05, 4.69) is 25.9 Å². The van der Waals surface area contributed by atoms with Gasteiger partial charge in [0.2, 0.25) is 23.6 Å². The van der Waals surface area contributed by atoms with E-state index in [4.69, 9.17) is 16.6 Å². The number of nitrogens with two attached hydrogens (primary N) is 2. The number of carboxylic acid groups (broad SMARTS) is 1. The third kappa shape index (κ3) is 8.44. The summed E-state index contributed by atoms with van der Waals surface area (Å²) in [4.78, 5) is 63.2. The van der Waals surface area contributed by atoms with Crippen molar-refractivity contribution in [2.45, 2.75) is 24.9 Å². The Morgan fingerprint density at radius 3 is 2.37 bits per heavy atom. The number of rotatable bonds is 11. The fourth-order valence-electron chi connectivity index (χ4n) is 1.91. The Morgan fingerprint density at radius 1 is 1.15 bits per heavy atom. The predicted octanol–water partition coefficient (Wildman–Crippen LogP) is -4.04. The molecule has 27 heavy (non-hydrogen) atoms. The molecule has 0 aliphatic carbocycles. The lowest BCUT2D eigenvalue weighted by atomic mass is 10.1. The zero-order valence-corrected chi connectivity index (χ0v) is 14.2. The van der Waals surface area contributed by atoms with Crippen molar-refractivity contribution in [2.24, 2.45) is 11.5 Å². The number of carbonyl (C=O) groups is 5. The Bertz CT molecular complexity index is 690. The molecule has 0 saturated heterocycles. The van der Waals surface area contributed by atoms with Gasteiger partial charge >= 0.3 is 5.97 Å².